The Balaban J connectivity index is 2.32. The predicted octanol–water partition coefficient (Wildman–Crippen LogP) is 0.483. The van der Waals surface area contributed by atoms with E-state index in [1.807, 2.05) is 6.92 Å². The SMILES string of the molecule is CCC(N)C(=O)NC1CCC(C(=O)O)CC1. The molecule has 1 saturated carbocycles. The van der Waals surface area contributed by atoms with E-state index >= 15 is 0 Å². The molecule has 0 aromatic heterocycles. The lowest BCUT2D eigenvalue weighted by Crippen LogP contribution is -2.46. The molecule has 1 atom stereocenters. The van der Waals surface area contributed by atoms with Crippen molar-refractivity contribution in [3.05, 3.63) is 0 Å². The van der Waals surface area contributed by atoms with Crippen LogP contribution in [0.2, 0.25) is 0 Å². The minimum atomic E-state index is -0.727. The summed E-state index contributed by atoms with van der Waals surface area (Å²) in [5.41, 5.74) is 5.60. The molecule has 1 aliphatic carbocycles. The second-order valence-corrected chi connectivity index (χ2v) is 4.41. The van der Waals surface area contributed by atoms with Gasteiger partial charge in [-0.3, -0.25) is 9.59 Å². The van der Waals surface area contributed by atoms with Gasteiger partial charge in [0.15, 0.2) is 0 Å². The fraction of sp³-hybridized carbons (Fsp3) is 0.818. The summed E-state index contributed by atoms with van der Waals surface area (Å²) >= 11 is 0. The summed E-state index contributed by atoms with van der Waals surface area (Å²) in [5, 5.41) is 11.7. The maximum Gasteiger partial charge on any atom is 0.306 e. The molecule has 1 amide bonds. The highest BCUT2D eigenvalue weighted by molar-refractivity contribution is 5.81. The molecule has 1 aliphatic rings. The summed E-state index contributed by atoms with van der Waals surface area (Å²) in [6.45, 7) is 1.87. The highest BCUT2D eigenvalue weighted by Gasteiger charge is 2.27. The van der Waals surface area contributed by atoms with Crippen LogP contribution in [0.1, 0.15) is 39.0 Å². The van der Waals surface area contributed by atoms with Crippen LogP contribution in [-0.2, 0) is 9.59 Å². The summed E-state index contributed by atoms with van der Waals surface area (Å²) in [7, 11) is 0. The van der Waals surface area contributed by atoms with E-state index in [-0.39, 0.29) is 17.9 Å². The minimum Gasteiger partial charge on any atom is -0.481 e. The third-order valence-corrected chi connectivity index (χ3v) is 3.20. The molecular weight excluding hydrogens is 208 g/mol. The lowest BCUT2D eigenvalue weighted by atomic mass is 9.86. The summed E-state index contributed by atoms with van der Waals surface area (Å²) in [5.74, 6) is -1.09. The van der Waals surface area contributed by atoms with E-state index < -0.39 is 12.0 Å². The van der Waals surface area contributed by atoms with Gasteiger partial charge in [0.2, 0.25) is 5.91 Å². The Bertz CT molecular complexity index is 260. The van der Waals surface area contributed by atoms with Crippen molar-refractivity contribution in [1.29, 1.82) is 0 Å². The number of carbonyl (C=O) groups is 2. The summed E-state index contributed by atoms with van der Waals surface area (Å²) in [4.78, 5) is 22.2. The third kappa shape index (κ3) is 3.48. The highest BCUT2D eigenvalue weighted by Crippen LogP contribution is 2.24. The van der Waals surface area contributed by atoms with Gasteiger partial charge in [-0.25, -0.2) is 0 Å². The Labute approximate surface area is 95.4 Å². The highest BCUT2D eigenvalue weighted by atomic mass is 16.4. The summed E-state index contributed by atoms with van der Waals surface area (Å²) in [6, 6.07) is -0.349. The lowest BCUT2D eigenvalue weighted by molar-refractivity contribution is -0.142. The van der Waals surface area contributed by atoms with Crippen molar-refractivity contribution in [2.24, 2.45) is 11.7 Å². The molecule has 0 aliphatic heterocycles. The van der Waals surface area contributed by atoms with Crippen LogP contribution in [0, 0.1) is 5.92 Å². The molecule has 1 rings (SSSR count). The maximum atomic E-state index is 11.5. The number of carboxylic acid groups (broad SMARTS) is 1. The maximum absolute atomic E-state index is 11.5. The average Bonchev–Trinajstić information content (AvgIpc) is 2.28. The monoisotopic (exact) mass is 228 g/mol. The second-order valence-electron chi connectivity index (χ2n) is 4.41. The Hall–Kier alpha value is -1.10. The topological polar surface area (TPSA) is 92.4 Å². The molecule has 5 heteroatoms. The third-order valence-electron chi connectivity index (χ3n) is 3.20. The molecular formula is C11H20N2O3. The van der Waals surface area contributed by atoms with Crippen LogP contribution in [0.25, 0.3) is 0 Å². The lowest BCUT2D eigenvalue weighted by Gasteiger charge is -2.27. The van der Waals surface area contributed by atoms with E-state index in [0.29, 0.717) is 19.3 Å². The van der Waals surface area contributed by atoms with Crippen LogP contribution in [0.3, 0.4) is 0 Å². The number of nitrogens with one attached hydrogen (secondary N) is 1. The van der Waals surface area contributed by atoms with Gasteiger partial charge in [-0.1, -0.05) is 6.92 Å². The van der Waals surface area contributed by atoms with E-state index in [1.165, 1.54) is 0 Å². The fourth-order valence-corrected chi connectivity index (χ4v) is 1.98. The van der Waals surface area contributed by atoms with Crippen molar-refractivity contribution in [2.75, 3.05) is 0 Å². The van der Waals surface area contributed by atoms with Crippen molar-refractivity contribution in [3.63, 3.8) is 0 Å². The van der Waals surface area contributed by atoms with Gasteiger partial charge in [-0.2, -0.15) is 0 Å². The zero-order valence-electron chi connectivity index (χ0n) is 9.61. The van der Waals surface area contributed by atoms with E-state index in [9.17, 15) is 9.59 Å². The van der Waals surface area contributed by atoms with Gasteiger partial charge in [-0.05, 0) is 32.1 Å². The van der Waals surface area contributed by atoms with Crippen molar-refractivity contribution >= 4 is 11.9 Å². The summed E-state index contributed by atoms with van der Waals surface area (Å²) in [6.07, 6.45) is 3.37. The number of hydrogen-bond acceptors (Lipinski definition) is 3. The zero-order valence-corrected chi connectivity index (χ0v) is 9.61. The van der Waals surface area contributed by atoms with Crippen LogP contribution >= 0.6 is 0 Å². The number of hydrogen-bond donors (Lipinski definition) is 3. The van der Waals surface area contributed by atoms with Gasteiger partial charge in [0.05, 0.1) is 12.0 Å². The van der Waals surface area contributed by atoms with E-state index in [0.717, 1.165) is 12.8 Å². The zero-order chi connectivity index (χ0) is 12.1. The number of aliphatic carboxylic acids is 1. The number of amides is 1. The number of rotatable bonds is 4. The first-order chi connectivity index (χ1) is 7.54. The van der Waals surface area contributed by atoms with E-state index in [2.05, 4.69) is 5.32 Å². The first-order valence-electron chi connectivity index (χ1n) is 5.83. The first-order valence-corrected chi connectivity index (χ1v) is 5.83. The Morgan fingerprint density at radius 2 is 1.94 bits per heavy atom. The fourth-order valence-electron chi connectivity index (χ4n) is 1.98. The quantitative estimate of drug-likeness (QED) is 0.652. The number of carbonyl (C=O) groups excluding carboxylic acids is 1. The second kappa shape index (κ2) is 5.84. The van der Waals surface area contributed by atoms with Gasteiger partial charge in [0.25, 0.3) is 0 Å². The van der Waals surface area contributed by atoms with Gasteiger partial charge < -0.3 is 16.2 Å². The van der Waals surface area contributed by atoms with Crippen molar-refractivity contribution in [1.82, 2.24) is 5.32 Å². The molecule has 16 heavy (non-hydrogen) atoms. The summed E-state index contributed by atoms with van der Waals surface area (Å²) < 4.78 is 0. The molecule has 0 spiro atoms. The number of carboxylic acids is 1. The molecule has 0 saturated heterocycles. The Kier molecular flexibility index (Phi) is 4.73. The molecule has 92 valence electrons. The van der Waals surface area contributed by atoms with Crippen LogP contribution in [0.4, 0.5) is 0 Å². The van der Waals surface area contributed by atoms with Gasteiger partial charge in [0.1, 0.15) is 0 Å². The Morgan fingerprint density at radius 3 is 2.38 bits per heavy atom. The average molecular weight is 228 g/mol. The van der Waals surface area contributed by atoms with Crippen molar-refractivity contribution < 1.29 is 14.7 Å². The van der Waals surface area contributed by atoms with Crippen LogP contribution in [-0.4, -0.2) is 29.1 Å². The molecule has 5 nitrogen and oxygen atoms in total. The molecule has 0 aromatic carbocycles. The smallest absolute Gasteiger partial charge is 0.306 e. The first kappa shape index (κ1) is 13.0. The van der Waals surface area contributed by atoms with Crippen molar-refractivity contribution in [2.45, 2.75) is 51.1 Å². The van der Waals surface area contributed by atoms with Crippen LogP contribution < -0.4 is 11.1 Å². The predicted molar refractivity (Wildman–Crippen MR) is 59.8 cm³/mol. The van der Waals surface area contributed by atoms with Gasteiger partial charge >= 0.3 is 5.97 Å². The van der Waals surface area contributed by atoms with Gasteiger partial charge in [0, 0.05) is 6.04 Å². The number of nitrogens with two attached hydrogens (primary N) is 1. The minimum absolute atomic E-state index is 0.0979. The molecule has 0 heterocycles. The molecule has 1 unspecified atom stereocenters. The van der Waals surface area contributed by atoms with Gasteiger partial charge in [-0.15, -0.1) is 0 Å². The largest absolute Gasteiger partial charge is 0.481 e. The standard InChI is InChI=1S/C11H20N2O3/c1-2-9(12)10(14)13-8-5-3-7(4-6-8)11(15)16/h7-9H,2-6,12H2,1H3,(H,13,14)(H,15,16). The molecule has 0 radical (unpaired) electrons. The van der Waals surface area contributed by atoms with E-state index in [1.54, 1.807) is 0 Å². The normalized spacial score (nSPS) is 27.1. The molecule has 0 bridgehead atoms. The molecule has 1 fully saturated rings. The van der Waals surface area contributed by atoms with Crippen molar-refractivity contribution in [3.8, 4) is 0 Å². The Morgan fingerprint density at radius 1 is 1.38 bits per heavy atom. The molecule has 4 N–H and O–H groups in total. The van der Waals surface area contributed by atoms with Crippen LogP contribution in [0.5, 0.6) is 0 Å². The molecule has 0 aromatic rings. The van der Waals surface area contributed by atoms with E-state index in [4.69, 9.17) is 10.8 Å². The van der Waals surface area contributed by atoms with Crippen LogP contribution in [0.15, 0.2) is 0 Å².